The second-order valence-electron chi connectivity index (χ2n) is 10.7. The van der Waals surface area contributed by atoms with Crippen LogP contribution in [0, 0.1) is 11.7 Å². The van der Waals surface area contributed by atoms with Crippen LogP contribution in [0.2, 0.25) is 5.28 Å². The number of aromatic nitrogens is 5. The summed E-state index contributed by atoms with van der Waals surface area (Å²) in [6, 6.07) is 8.06. The number of nitrogens with two attached hydrogens (primary N) is 1. The van der Waals surface area contributed by atoms with Crippen molar-refractivity contribution >= 4 is 28.5 Å². The average Bonchev–Trinajstić information content (AvgIpc) is 3.59. The Hall–Kier alpha value is -3.09. The van der Waals surface area contributed by atoms with E-state index in [1.165, 1.54) is 12.1 Å². The fourth-order valence-corrected chi connectivity index (χ4v) is 5.86. The van der Waals surface area contributed by atoms with Crippen molar-refractivity contribution in [1.29, 1.82) is 0 Å². The molecule has 0 amide bonds. The molecule has 3 heterocycles. The first-order chi connectivity index (χ1) is 19.2. The Morgan fingerprint density at radius 2 is 1.93 bits per heavy atom. The molecule has 4 atom stereocenters. The SMILES string of the molecule is CN(CCCNCCc1ccc(F)cc1)C[C@H]1C[C@@H](n2cc(-c3ccn(C)n3)c3c(N)nc(Cl)nc32)[C@H](O)[C@@H]1O. The van der Waals surface area contributed by atoms with Gasteiger partial charge in [0.15, 0.2) is 0 Å². The van der Waals surface area contributed by atoms with E-state index < -0.39 is 18.2 Å². The molecule has 214 valence electrons. The zero-order valence-corrected chi connectivity index (χ0v) is 23.5. The van der Waals surface area contributed by atoms with Crippen molar-refractivity contribution < 1.29 is 14.6 Å². The van der Waals surface area contributed by atoms with Gasteiger partial charge in [0, 0.05) is 37.5 Å². The maximum atomic E-state index is 13.0. The first kappa shape index (κ1) is 28.4. The maximum Gasteiger partial charge on any atom is 0.226 e. The Morgan fingerprint density at radius 1 is 1.15 bits per heavy atom. The van der Waals surface area contributed by atoms with Gasteiger partial charge < -0.3 is 30.7 Å². The Kier molecular flexibility index (Phi) is 8.67. The van der Waals surface area contributed by atoms with Gasteiger partial charge in [-0.05, 0) is 81.3 Å². The highest BCUT2D eigenvalue weighted by Crippen LogP contribution is 2.41. The fraction of sp³-hybridized carbons (Fsp3) is 0.464. The molecule has 3 aromatic heterocycles. The minimum absolute atomic E-state index is 0.0208. The van der Waals surface area contributed by atoms with E-state index in [0.29, 0.717) is 29.7 Å². The first-order valence-electron chi connectivity index (χ1n) is 13.5. The number of halogens is 2. The van der Waals surface area contributed by atoms with Crippen LogP contribution in [-0.2, 0) is 13.5 Å². The zero-order valence-electron chi connectivity index (χ0n) is 22.7. The van der Waals surface area contributed by atoms with Crippen molar-refractivity contribution in [2.24, 2.45) is 13.0 Å². The number of nitrogens with zero attached hydrogens (tertiary/aromatic N) is 6. The second kappa shape index (κ2) is 12.2. The summed E-state index contributed by atoms with van der Waals surface area (Å²) in [6.45, 7) is 3.18. The summed E-state index contributed by atoms with van der Waals surface area (Å²) in [5, 5.41) is 30.7. The lowest BCUT2D eigenvalue weighted by Gasteiger charge is -2.23. The largest absolute Gasteiger partial charge is 0.390 e. The third kappa shape index (κ3) is 6.13. The van der Waals surface area contributed by atoms with Gasteiger partial charge in [0.25, 0.3) is 0 Å². The molecule has 5 N–H and O–H groups in total. The van der Waals surface area contributed by atoms with Gasteiger partial charge in [-0.15, -0.1) is 0 Å². The van der Waals surface area contributed by atoms with Gasteiger partial charge in [0.1, 0.15) is 23.4 Å². The van der Waals surface area contributed by atoms with Crippen molar-refractivity contribution in [3.05, 3.63) is 59.4 Å². The summed E-state index contributed by atoms with van der Waals surface area (Å²) in [5.41, 5.74) is 9.33. The van der Waals surface area contributed by atoms with E-state index in [1.807, 2.05) is 49.3 Å². The van der Waals surface area contributed by atoms with Crippen molar-refractivity contribution in [1.82, 2.24) is 34.5 Å². The van der Waals surface area contributed by atoms with Gasteiger partial charge in [0.05, 0.1) is 23.2 Å². The van der Waals surface area contributed by atoms with Gasteiger partial charge in [-0.1, -0.05) is 12.1 Å². The van der Waals surface area contributed by atoms with Gasteiger partial charge in [-0.2, -0.15) is 10.1 Å². The highest BCUT2D eigenvalue weighted by atomic mass is 35.5. The van der Waals surface area contributed by atoms with Gasteiger partial charge >= 0.3 is 0 Å². The molecule has 0 unspecified atom stereocenters. The summed E-state index contributed by atoms with van der Waals surface area (Å²) in [4.78, 5) is 10.8. The minimum Gasteiger partial charge on any atom is -0.390 e. The number of aliphatic hydroxyl groups excluding tert-OH is 2. The number of hydrogen-bond donors (Lipinski definition) is 4. The van der Waals surface area contributed by atoms with Crippen molar-refractivity contribution in [3.63, 3.8) is 0 Å². The number of aryl methyl sites for hydroxylation is 1. The van der Waals surface area contributed by atoms with Crippen LogP contribution in [0.3, 0.4) is 0 Å². The number of fused-ring (bicyclic) bond motifs is 1. The lowest BCUT2D eigenvalue weighted by molar-refractivity contribution is 0.00170. The Morgan fingerprint density at radius 3 is 2.65 bits per heavy atom. The molecule has 0 radical (unpaired) electrons. The predicted octanol–water partition coefficient (Wildman–Crippen LogP) is 2.64. The Balaban J connectivity index is 1.20. The van der Waals surface area contributed by atoms with Gasteiger partial charge in [-0.3, -0.25) is 4.68 Å². The summed E-state index contributed by atoms with van der Waals surface area (Å²) < 4.78 is 16.6. The molecule has 1 aliphatic rings. The Labute approximate surface area is 237 Å². The highest BCUT2D eigenvalue weighted by molar-refractivity contribution is 6.29. The van der Waals surface area contributed by atoms with Crippen LogP contribution in [0.4, 0.5) is 10.2 Å². The normalized spacial score (nSPS) is 21.2. The van der Waals surface area contributed by atoms with Crippen LogP contribution in [0.1, 0.15) is 24.4 Å². The first-order valence-corrected chi connectivity index (χ1v) is 13.9. The molecule has 0 bridgehead atoms. The van der Waals surface area contributed by atoms with E-state index in [0.717, 1.165) is 43.6 Å². The van der Waals surface area contributed by atoms with Crippen molar-refractivity contribution in [3.8, 4) is 11.3 Å². The van der Waals surface area contributed by atoms with Gasteiger partial charge in [-0.25, -0.2) is 9.37 Å². The summed E-state index contributed by atoms with van der Waals surface area (Å²) in [7, 11) is 3.87. The van der Waals surface area contributed by atoms with Crippen LogP contribution in [0.15, 0.2) is 42.7 Å². The fourth-order valence-electron chi connectivity index (χ4n) is 5.68. The lowest BCUT2D eigenvalue weighted by Crippen LogP contribution is -2.35. The molecule has 12 heteroatoms. The summed E-state index contributed by atoms with van der Waals surface area (Å²) in [5.74, 6) is -0.100. The minimum atomic E-state index is -0.978. The molecule has 0 aliphatic heterocycles. The molecule has 4 aromatic rings. The molecule has 5 rings (SSSR count). The predicted molar refractivity (Wildman–Crippen MR) is 153 cm³/mol. The second-order valence-corrected chi connectivity index (χ2v) is 11.0. The molecule has 1 saturated carbocycles. The van der Waals surface area contributed by atoms with Crippen LogP contribution in [0.25, 0.3) is 22.3 Å². The van der Waals surface area contributed by atoms with E-state index >= 15 is 0 Å². The van der Waals surface area contributed by atoms with Crippen molar-refractivity contribution in [2.45, 2.75) is 37.5 Å². The Bertz CT molecular complexity index is 1440. The van der Waals surface area contributed by atoms with E-state index in [-0.39, 0.29) is 22.8 Å². The number of anilines is 1. The molecular weight excluding hydrogens is 535 g/mol. The van der Waals surface area contributed by atoms with Crippen LogP contribution >= 0.6 is 11.6 Å². The van der Waals surface area contributed by atoms with E-state index in [4.69, 9.17) is 17.3 Å². The summed E-state index contributed by atoms with van der Waals surface area (Å²) in [6.07, 6.45) is 4.21. The van der Waals surface area contributed by atoms with E-state index in [1.54, 1.807) is 4.68 Å². The number of rotatable bonds is 11. The molecular formula is C28H36ClFN8O2. The zero-order chi connectivity index (χ0) is 28.4. The molecule has 0 saturated heterocycles. The molecule has 1 aliphatic carbocycles. The van der Waals surface area contributed by atoms with E-state index in [9.17, 15) is 14.6 Å². The van der Waals surface area contributed by atoms with Crippen LogP contribution < -0.4 is 11.1 Å². The molecule has 40 heavy (non-hydrogen) atoms. The molecule has 1 fully saturated rings. The standard InChI is InChI=1S/C28H36ClFN8O2/c1-36(12-3-10-32-11-8-17-4-6-19(30)7-5-17)15-18-14-22(25(40)24(18)39)38-16-20(21-9-13-37(2)35-21)23-26(31)33-28(29)34-27(23)38/h4-7,9,13,16,18,22,24-25,32,39-40H,3,8,10-12,14-15H2,1-2H3,(H2,31,33,34)/t18-,22-,24-,25+/m1/s1. The molecule has 0 spiro atoms. The number of nitrogen functional groups attached to an aromatic ring is 1. The van der Waals surface area contributed by atoms with E-state index in [2.05, 4.69) is 25.3 Å². The number of aliphatic hydroxyl groups is 2. The molecule has 1 aromatic carbocycles. The third-order valence-electron chi connectivity index (χ3n) is 7.73. The number of benzene rings is 1. The van der Waals surface area contributed by atoms with Crippen LogP contribution in [0.5, 0.6) is 0 Å². The maximum absolute atomic E-state index is 13.0. The topological polar surface area (TPSA) is 130 Å². The van der Waals surface area contributed by atoms with Gasteiger partial charge in [0.2, 0.25) is 5.28 Å². The quantitative estimate of drug-likeness (QED) is 0.160. The smallest absolute Gasteiger partial charge is 0.226 e. The number of nitrogens with one attached hydrogen (secondary N) is 1. The third-order valence-corrected chi connectivity index (χ3v) is 7.90. The summed E-state index contributed by atoms with van der Waals surface area (Å²) >= 11 is 6.17. The highest BCUT2D eigenvalue weighted by Gasteiger charge is 2.43. The number of hydrogen-bond acceptors (Lipinski definition) is 8. The molecule has 10 nitrogen and oxygen atoms in total. The van der Waals surface area contributed by atoms with Crippen LogP contribution in [-0.4, -0.2) is 84.9 Å². The van der Waals surface area contributed by atoms with Crippen molar-refractivity contribution in [2.75, 3.05) is 39.0 Å². The average molecular weight is 571 g/mol. The monoisotopic (exact) mass is 570 g/mol. The lowest BCUT2D eigenvalue weighted by atomic mass is 10.1.